The molecule has 132 valence electrons. The molecule has 4 bridgehead atoms. The number of amides is 1. The van der Waals surface area contributed by atoms with Crippen molar-refractivity contribution in [1.29, 1.82) is 0 Å². The lowest BCUT2D eigenvalue weighted by Gasteiger charge is -2.56. The number of carbonyl (C=O) groups is 1. The van der Waals surface area contributed by atoms with Gasteiger partial charge in [0, 0.05) is 24.0 Å². The molecule has 4 fully saturated rings. The van der Waals surface area contributed by atoms with Crippen LogP contribution in [0.5, 0.6) is 0 Å². The molecule has 1 amide bonds. The summed E-state index contributed by atoms with van der Waals surface area (Å²) in [6.07, 6.45) is 12.8. The van der Waals surface area contributed by atoms with E-state index in [1.165, 1.54) is 38.5 Å². The highest BCUT2D eigenvalue weighted by Crippen LogP contribution is 2.60. The molecule has 0 saturated heterocycles. The van der Waals surface area contributed by atoms with E-state index in [1.54, 1.807) is 6.20 Å². The van der Waals surface area contributed by atoms with E-state index in [0.717, 1.165) is 30.7 Å². The number of rotatable bonds is 7. The normalized spacial score (nSPS) is 33.8. The van der Waals surface area contributed by atoms with Crippen molar-refractivity contribution >= 4 is 29.3 Å². The molecule has 5 rings (SSSR count). The monoisotopic (exact) mass is 367 g/mol. The van der Waals surface area contributed by atoms with E-state index in [4.69, 9.17) is 11.6 Å². The van der Waals surface area contributed by atoms with Gasteiger partial charge in [-0.05, 0) is 62.7 Å². The average molecular weight is 368 g/mol. The number of aryl methyl sites for hydroxylation is 1. The minimum absolute atomic E-state index is 0.189. The molecule has 0 unspecified atom stereocenters. The Labute approximate surface area is 153 Å². The standard InChI is InChI=1S/C18H26ClN3OS/c19-16-10-21-22(11-16)3-1-2-20-17(23)12-24-18-7-13-4-14(8-18)6-15(5-13)9-18/h10-11,13-15H,1-9,12H2,(H,20,23). The number of hydrogen-bond donors (Lipinski definition) is 1. The smallest absolute Gasteiger partial charge is 0.230 e. The van der Waals surface area contributed by atoms with E-state index < -0.39 is 0 Å². The van der Waals surface area contributed by atoms with Crippen LogP contribution in [0.3, 0.4) is 0 Å². The maximum absolute atomic E-state index is 12.2. The number of carbonyl (C=O) groups excluding carboxylic acids is 1. The fourth-order valence-electron chi connectivity index (χ4n) is 5.41. The highest BCUT2D eigenvalue weighted by Gasteiger charge is 2.51. The zero-order valence-electron chi connectivity index (χ0n) is 14.0. The van der Waals surface area contributed by atoms with Gasteiger partial charge in [-0.1, -0.05) is 11.6 Å². The molecule has 0 radical (unpaired) electrons. The van der Waals surface area contributed by atoms with Gasteiger partial charge in [0.2, 0.25) is 5.91 Å². The Morgan fingerprint density at radius 2 is 1.96 bits per heavy atom. The zero-order chi connectivity index (χ0) is 16.6. The van der Waals surface area contributed by atoms with Gasteiger partial charge in [0.1, 0.15) is 0 Å². The molecule has 0 aromatic carbocycles. The molecule has 4 nitrogen and oxygen atoms in total. The molecule has 24 heavy (non-hydrogen) atoms. The van der Waals surface area contributed by atoms with Crippen molar-refractivity contribution in [2.75, 3.05) is 12.3 Å². The van der Waals surface area contributed by atoms with Crippen LogP contribution in [-0.2, 0) is 11.3 Å². The van der Waals surface area contributed by atoms with Crippen LogP contribution >= 0.6 is 23.4 Å². The van der Waals surface area contributed by atoms with E-state index in [2.05, 4.69) is 10.4 Å². The Hall–Kier alpha value is -0.680. The first-order valence-electron chi connectivity index (χ1n) is 9.19. The zero-order valence-corrected chi connectivity index (χ0v) is 15.6. The van der Waals surface area contributed by atoms with Crippen molar-refractivity contribution in [3.8, 4) is 0 Å². The minimum Gasteiger partial charge on any atom is -0.355 e. The second-order valence-corrected chi connectivity index (χ2v) is 9.89. The molecule has 0 aliphatic heterocycles. The van der Waals surface area contributed by atoms with E-state index in [1.807, 2.05) is 22.6 Å². The lowest BCUT2D eigenvalue weighted by Crippen LogP contribution is -2.49. The third-order valence-corrected chi connectivity index (χ3v) is 7.69. The van der Waals surface area contributed by atoms with Crippen LogP contribution in [-0.4, -0.2) is 32.7 Å². The van der Waals surface area contributed by atoms with Gasteiger partial charge in [0.05, 0.1) is 17.0 Å². The molecule has 4 aliphatic rings. The Bertz CT molecular complexity index is 568. The van der Waals surface area contributed by atoms with E-state index in [0.29, 0.717) is 22.1 Å². The van der Waals surface area contributed by atoms with Crippen LogP contribution < -0.4 is 5.32 Å². The van der Waals surface area contributed by atoms with Crippen molar-refractivity contribution in [3.63, 3.8) is 0 Å². The quantitative estimate of drug-likeness (QED) is 0.746. The highest BCUT2D eigenvalue weighted by molar-refractivity contribution is 8.01. The number of halogens is 1. The lowest BCUT2D eigenvalue weighted by molar-refractivity contribution is -0.118. The van der Waals surface area contributed by atoms with Crippen LogP contribution in [0.4, 0.5) is 0 Å². The Kier molecular flexibility index (Phi) is 4.83. The molecule has 1 aromatic heterocycles. The molecule has 1 N–H and O–H groups in total. The maximum Gasteiger partial charge on any atom is 0.230 e. The summed E-state index contributed by atoms with van der Waals surface area (Å²) in [4.78, 5) is 12.2. The third-order valence-electron chi connectivity index (χ3n) is 5.98. The highest BCUT2D eigenvalue weighted by atomic mass is 35.5. The van der Waals surface area contributed by atoms with Crippen LogP contribution in [0.25, 0.3) is 0 Å². The predicted molar refractivity (Wildman–Crippen MR) is 98.2 cm³/mol. The predicted octanol–water partition coefficient (Wildman–Crippen LogP) is 3.74. The number of aromatic nitrogens is 2. The third kappa shape index (κ3) is 3.77. The number of nitrogens with one attached hydrogen (secondary N) is 1. The van der Waals surface area contributed by atoms with E-state index in [9.17, 15) is 4.79 Å². The topological polar surface area (TPSA) is 46.9 Å². The number of thioether (sulfide) groups is 1. The molecule has 6 heteroatoms. The summed E-state index contributed by atoms with van der Waals surface area (Å²) in [5.41, 5.74) is 0. The van der Waals surface area contributed by atoms with E-state index in [-0.39, 0.29) is 5.91 Å². The largest absolute Gasteiger partial charge is 0.355 e. The summed E-state index contributed by atoms with van der Waals surface area (Å²) in [6, 6.07) is 0. The van der Waals surface area contributed by atoms with Crippen molar-refractivity contribution in [2.45, 2.75) is 56.2 Å². The molecule has 4 aliphatic carbocycles. The molecular formula is C18H26ClN3OS. The summed E-state index contributed by atoms with van der Waals surface area (Å²) < 4.78 is 2.25. The number of hydrogen-bond acceptors (Lipinski definition) is 3. The van der Waals surface area contributed by atoms with Gasteiger partial charge >= 0.3 is 0 Å². The van der Waals surface area contributed by atoms with Crippen molar-refractivity contribution in [3.05, 3.63) is 17.4 Å². The minimum atomic E-state index is 0.189. The molecule has 0 atom stereocenters. The van der Waals surface area contributed by atoms with E-state index >= 15 is 0 Å². The average Bonchev–Trinajstić information content (AvgIpc) is 2.94. The first-order chi connectivity index (χ1) is 11.6. The fraction of sp³-hybridized carbons (Fsp3) is 0.778. The SMILES string of the molecule is O=C(CSC12CC3CC(CC(C3)C1)C2)NCCCn1cc(Cl)cn1. The first-order valence-corrected chi connectivity index (χ1v) is 10.6. The summed E-state index contributed by atoms with van der Waals surface area (Å²) in [6.45, 7) is 1.49. The van der Waals surface area contributed by atoms with Gasteiger partial charge in [0.15, 0.2) is 0 Å². The number of nitrogens with zero attached hydrogens (tertiary/aromatic N) is 2. The van der Waals surface area contributed by atoms with Gasteiger partial charge in [0.25, 0.3) is 0 Å². The fourth-order valence-corrected chi connectivity index (χ4v) is 7.16. The maximum atomic E-state index is 12.2. The summed E-state index contributed by atoms with van der Waals surface area (Å²) in [5.74, 6) is 3.67. The van der Waals surface area contributed by atoms with Crippen molar-refractivity contribution in [1.82, 2.24) is 15.1 Å². The van der Waals surface area contributed by atoms with Gasteiger partial charge < -0.3 is 5.32 Å². The molecular weight excluding hydrogens is 342 g/mol. The van der Waals surface area contributed by atoms with Gasteiger partial charge in [-0.25, -0.2) is 0 Å². The molecule has 0 spiro atoms. The van der Waals surface area contributed by atoms with Crippen LogP contribution in [0.15, 0.2) is 12.4 Å². The summed E-state index contributed by atoms with van der Waals surface area (Å²) >= 11 is 7.79. The molecule has 4 saturated carbocycles. The van der Waals surface area contributed by atoms with Crippen LogP contribution in [0, 0.1) is 17.8 Å². The Morgan fingerprint density at radius 3 is 2.54 bits per heavy atom. The van der Waals surface area contributed by atoms with Gasteiger partial charge in [-0.15, -0.1) is 11.8 Å². The van der Waals surface area contributed by atoms with Crippen molar-refractivity contribution in [2.24, 2.45) is 17.8 Å². The second kappa shape index (κ2) is 6.91. The molecule has 1 heterocycles. The first kappa shape index (κ1) is 16.8. The van der Waals surface area contributed by atoms with Gasteiger partial charge in [-0.2, -0.15) is 5.10 Å². The van der Waals surface area contributed by atoms with Crippen molar-refractivity contribution < 1.29 is 4.79 Å². The molecule has 1 aromatic rings. The Morgan fingerprint density at radius 1 is 1.29 bits per heavy atom. The Balaban J connectivity index is 1.17. The van der Waals surface area contributed by atoms with Crippen LogP contribution in [0.2, 0.25) is 5.02 Å². The second-order valence-electron chi connectivity index (χ2n) is 8.01. The summed E-state index contributed by atoms with van der Waals surface area (Å²) in [5, 5.41) is 7.86. The summed E-state index contributed by atoms with van der Waals surface area (Å²) in [7, 11) is 0. The lowest BCUT2D eigenvalue weighted by atomic mass is 9.56. The van der Waals surface area contributed by atoms with Gasteiger partial charge in [-0.3, -0.25) is 9.48 Å². The van der Waals surface area contributed by atoms with Crippen LogP contribution in [0.1, 0.15) is 44.9 Å².